The lowest BCUT2D eigenvalue weighted by atomic mass is 9.91. The van der Waals surface area contributed by atoms with Crippen molar-refractivity contribution in [2.75, 3.05) is 13.1 Å². The molecule has 0 radical (unpaired) electrons. The number of rotatable bonds is 3. The van der Waals surface area contributed by atoms with Gasteiger partial charge in [-0.1, -0.05) is 6.92 Å². The molecule has 2 aliphatic heterocycles. The van der Waals surface area contributed by atoms with E-state index in [2.05, 4.69) is 29.8 Å². The molecule has 0 aromatic heterocycles. The van der Waals surface area contributed by atoms with E-state index in [1.165, 1.54) is 0 Å². The van der Waals surface area contributed by atoms with E-state index in [9.17, 15) is 4.79 Å². The summed E-state index contributed by atoms with van der Waals surface area (Å²) >= 11 is 0. The second-order valence-corrected chi connectivity index (χ2v) is 5.43. The molecular formula is C13H25N3O. The van der Waals surface area contributed by atoms with Gasteiger partial charge in [-0.3, -0.25) is 4.79 Å². The monoisotopic (exact) mass is 239 g/mol. The average Bonchev–Trinajstić information content (AvgIpc) is 2.82. The molecule has 98 valence electrons. The number of piperidine rings is 1. The van der Waals surface area contributed by atoms with E-state index < -0.39 is 0 Å². The summed E-state index contributed by atoms with van der Waals surface area (Å²) < 4.78 is 0. The summed E-state index contributed by atoms with van der Waals surface area (Å²) in [6, 6.07) is 0.685. The Kier molecular flexibility index (Phi) is 4.05. The minimum absolute atomic E-state index is 0.207. The highest BCUT2D eigenvalue weighted by Gasteiger charge is 2.40. The molecule has 0 spiro atoms. The van der Waals surface area contributed by atoms with E-state index in [1.807, 2.05) is 0 Å². The fraction of sp³-hybridized carbons (Fsp3) is 0.923. The van der Waals surface area contributed by atoms with Crippen molar-refractivity contribution < 1.29 is 4.79 Å². The molecule has 1 amide bonds. The fourth-order valence-electron chi connectivity index (χ4n) is 3.01. The van der Waals surface area contributed by atoms with Crippen LogP contribution in [0.4, 0.5) is 0 Å². The van der Waals surface area contributed by atoms with Gasteiger partial charge in [0.1, 0.15) is 0 Å². The molecule has 3 atom stereocenters. The summed E-state index contributed by atoms with van der Waals surface area (Å²) in [6.45, 7) is 6.30. The van der Waals surface area contributed by atoms with Crippen molar-refractivity contribution in [2.45, 2.75) is 63.6 Å². The number of carbonyl (C=O) groups is 1. The van der Waals surface area contributed by atoms with E-state index in [0.717, 1.165) is 45.2 Å². The molecule has 3 unspecified atom stereocenters. The predicted octanol–water partition coefficient (Wildman–Crippen LogP) is 0.775. The summed E-state index contributed by atoms with van der Waals surface area (Å²) in [4.78, 5) is 12.4. The summed E-state index contributed by atoms with van der Waals surface area (Å²) in [5.74, 6) is 0.207. The first-order chi connectivity index (χ1) is 8.18. The molecule has 2 heterocycles. The molecule has 0 aromatic carbocycles. The van der Waals surface area contributed by atoms with Crippen molar-refractivity contribution in [3.05, 3.63) is 0 Å². The summed E-state index contributed by atoms with van der Waals surface area (Å²) in [5.41, 5.74) is -0.294. The Labute approximate surface area is 104 Å². The Balaban J connectivity index is 1.95. The highest BCUT2D eigenvalue weighted by Crippen LogP contribution is 2.23. The van der Waals surface area contributed by atoms with Gasteiger partial charge in [-0.25, -0.2) is 0 Å². The van der Waals surface area contributed by atoms with Crippen LogP contribution in [0.3, 0.4) is 0 Å². The quantitative estimate of drug-likeness (QED) is 0.682. The van der Waals surface area contributed by atoms with Crippen LogP contribution in [0.2, 0.25) is 0 Å². The maximum absolute atomic E-state index is 12.4. The van der Waals surface area contributed by atoms with Crippen LogP contribution in [0.25, 0.3) is 0 Å². The molecule has 2 fully saturated rings. The van der Waals surface area contributed by atoms with Gasteiger partial charge < -0.3 is 16.0 Å². The van der Waals surface area contributed by atoms with Crippen molar-refractivity contribution in [1.29, 1.82) is 0 Å². The van der Waals surface area contributed by atoms with Crippen LogP contribution in [0.5, 0.6) is 0 Å². The summed E-state index contributed by atoms with van der Waals surface area (Å²) in [7, 11) is 0. The van der Waals surface area contributed by atoms with E-state index in [4.69, 9.17) is 0 Å². The van der Waals surface area contributed by atoms with Gasteiger partial charge in [-0.2, -0.15) is 0 Å². The summed E-state index contributed by atoms with van der Waals surface area (Å²) in [6.07, 6.45) is 5.22. The zero-order valence-corrected chi connectivity index (χ0v) is 11.0. The Morgan fingerprint density at radius 1 is 1.41 bits per heavy atom. The molecule has 0 saturated carbocycles. The average molecular weight is 239 g/mol. The van der Waals surface area contributed by atoms with Crippen molar-refractivity contribution in [3.63, 3.8) is 0 Å². The van der Waals surface area contributed by atoms with Gasteiger partial charge >= 0.3 is 0 Å². The standard InChI is InChI=1S/C13H25N3O/c1-3-13(7-5-9-15-13)12(17)16-11-6-4-8-14-10(11)2/h10-11,14-15H,3-9H2,1-2H3,(H,16,17). The van der Waals surface area contributed by atoms with Gasteiger partial charge in [0, 0.05) is 12.1 Å². The minimum Gasteiger partial charge on any atom is -0.350 e. The molecule has 0 aliphatic carbocycles. The molecule has 3 N–H and O–H groups in total. The van der Waals surface area contributed by atoms with Crippen LogP contribution in [0.15, 0.2) is 0 Å². The maximum Gasteiger partial charge on any atom is 0.240 e. The van der Waals surface area contributed by atoms with Crippen LogP contribution in [0.1, 0.15) is 46.0 Å². The number of hydrogen-bond donors (Lipinski definition) is 3. The van der Waals surface area contributed by atoms with Crippen LogP contribution in [-0.4, -0.2) is 36.6 Å². The second-order valence-electron chi connectivity index (χ2n) is 5.43. The Bertz CT molecular complexity index is 274. The lowest BCUT2D eigenvalue weighted by molar-refractivity contribution is -0.128. The van der Waals surface area contributed by atoms with Crippen LogP contribution in [-0.2, 0) is 4.79 Å². The van der Waals surface area contributed by atoms with Gasteiger partial charge in [0.15, 0.2) is 0 Å². The molecule has 0 aromatic rings. The third-order valence-electron chi connectivity index (χ3n) is 4.36. The number of hydrogen-bond acceptors (Lipinski definition) is 3. The molecule has 2 rings (SSSR count). The minimum atomic E-state index is -0.294. The zero-order valence-electron chi connectivity index (χ0n) is 11.0. The number of amides is 1. The zero-order chi connectivity index (χ0) is 12.3. The van der Waals surface area contributed by atoms with Crippen molar-refractivity contribution in [1.82, 2.24) is 16.0 Å². The van der Waals surface area contributed by atoms with Crippen molar-refractivity contribution in [2.24, 2.45) is 0 Å². The molecule has 2 saturated heterocycles. The lowest BCUT2D eigenvalue weighted by Crippen LogP contribution is -2.59. The summed E-state index contributed by atoms with van der Waals surface area (Å²) in [5, 5.41) is 10.1. The Morgan fingerprint density at radius 3 is 2.82 bits per heavy atom. The van der Waals surface area contributed by atoms with Gasteiger partial charge in [-0.05, 0) is 52.1 Å². The fourth-order valence-corrected chi connectivity index (χ4v) is 3.01. The van der Waals surface area contributed by atoms with Crippen LogP contribution < -0.4 is 16.0 Å². The third-order valence-corrected chi connectivity index (χ3v) is 4.36. The topological polar surface area (TPSA) is 53.2 Å². The van der Waals surface area contributed by atoms with Gasteiger partial charge in [0.2, 0.25) is 5.91 Å². The first kappa shape index (κ1) is 12.8. The molecule has 4 nitrogen and oxygen atoms in total. The number of nitrogens with one attached hydrogen (secondary N) is 3. The predicted molar refractivity (Wildman–Crippen MR) is 68.9 cm³/mol. The maximum atomic E-state index is 12.4. The Hall–Kier alpha value is -0.610. The van der Waals surface area contributed by atoms with Crippen LogP contribution in [0, 0.1) is 0 Å². The highest BCUT2D eigenvalue weighted by molar-refractivity contribution is 5.87. The van der Waals surface area contributed by atoms with Gasteiger partial charge in [-0.15, -0.1) is 0 Å². The number of carbonyl (C=O) groups excluding carboxylic acids is 1. The van der Waals surface area contributed by atoms with E-state index in [1.54, 1.807) is 0 Å². The molecule has 17 heavy (non-hydrogen) atoms. The van der Waals surface area contributed by atoms with Crippen LogP contribution >= 0.6 is 0 Å². The first-order valence-corrected chi connectivity index (χ1v) is 6.97. The second kappa shape index (κ2) is 5.36. The van der Waals surface area contributed by atoms with Gasteiger partial charge in [0.05, 0.1) is 5.54 Å². The Morgan fingerprint density at radius 2 is 2.24 bits per heavy atom. The van der Waals surface area contributed by atoms with E-state index in [0.29, 0.717) is 12.1 Å². The van der Waals surface area contributed by atoms with Gasteiger partial charge in [0.25, 0.3) is 0 Å². The van der Waals surface area contributed by atoms with Crippen molar-refractivity contribution >= 4 is 5.91 Å². The lowest BCUT2D eigenvalue weighted by Gasteiger charge is -2.35. The van der Waals surface area contributed by atoms with E-state index >= 15 is 0 Å². The first-order valence-electron chi connectivity index (χ1n) is 6.97. The smallest absolute Gasteiger partial charge is 0.240 e. The molecule has 0 bridgehead atoms. The highest BCUT2D eigenvalue weighted by atomic mass is 16.2. The largest absolute Gasteiger partial charge is 0.350 e. The van der Waals surface area contributed by atoms with E-state index in [-0.39, 0.29) is 11.4 Å². The SMILES string of the molecule is CCC1(C(=O)NC2CCCNC2C)CCCN1. The van der Waals surface area contributed by atoms with Crippen molar-refractivity contribution in [3.8, 4) is 0 Å². The molecule has 4 heteroatoms. The molecule has 2 aliphatic rings. The molecular weight excluding hydrogens is 214 g/mol. The third kappa shape index (κ3) is 2.63. The normalized spacial score (nSPS) is 38.0.